The first-order valence-corrected chi connectivity index (χ1v) is 15.3. The van der Waals surface area contributed by atoms with Crippen LogP contribution in [0, 0.1) is 0 Å². The molecule has 0 aliphatic carbocycles. The van der Waals surface area contributed by atoms with Crippen LogP contribution >= 0.6 is 0 Å². The Bertz CT molecular complexity index is 3290. The van der Waals surface area contributed by atoms with Gasteiger partial charge in [-0.2, -0.15) is 0 Å². The van der Waals surface area contributed by atoms with Crippen LogP contribution in [-0.2, 0) is 0 Å². The van der Waals surface area contributed by atoms with Gasteiger partial charge in [-0.05, 0) is 103 Å². The minimum Gasteiger partial charge on any atom is -0.458 e. The van der Waals surface area contributed by atoms with Gasteiger partial charge in [0.15, 0.2) is 0 Å². The largest absolute Gasteiger partial charge is 0.458 e. The molecule has 4 aliphatic rings. The molecular formula is C42H22B2O4. The summed E-state index contributed by atoms with van der Waals surface area (Å²) in [5.74, 6) is -0.355. The standard InChI is InChI=1S/C42H22B2O4/c1-2-10-24-23(9-1)25-19-31-39(47-37-17-7-15-35-41(37)43(31)29-11-3-5-13-33(29)45-35)21-27(25)28-22-40-32(20-26(24)28)44-30-12-4-6-14-34(30)46-36-16-8-18-38(48-40)42(36)44/h1-22H/i3D,4D,5D,6D,7D,8D,11D,12D,13D,14D,15D,16D,17D,18D. The lowest BCUT2D eigenvalue weighted by atomic mass is 9.34. The fourth-order valence-corrected chi connectivity index (χ4v) is 7.80. The molecule has 48 heavy (non-hydrogen) atoms. The molecule has 0 unspecified atom stereocenters. The lowest BCUT2D eigenvalue weighted by Crippen LogP contribution is -2.57. The Morgan fingerprint density at radius 1 is 0.354 bits per heavy atom. The molecule has 0 amide bonds. The molecule has 8 aromatic rings. The molecule has 6 heteroatoms. The predicted molar refractivity (Wildman–Crippen MR) is 194 cm³/mol. The van der Waals surface area contributed by atoms with Gasteiger partial charge in [0.25, 0.3) is 13.4 Å². The molecule has 0 saturated carbocycles. The van der Waals surface area contributed by atoms with Crippen molar-refractivity contribution < 1.29 is 38.1 Å². The predicted octanol–water partition coefficient (Wildman–Crippen LogP) is 6.60. The summed E-state index contributed by atoms with van der Waals surface area (Å²) >= 11 is 0. The van der Waals surface area contributed by atoms with Crippen LogP contribution in [0.3, 0.4) is 0 Å². The van der Waals surface area contributed by atoms with Crippen molar-refractivity contribution in [3.63, 3.8) is 0 Å². The second-order valence-electron chi connectivity index (χ2n) is 12.1. The van der Waals surface area contributed by atoms with Gasteiger partial charge < -0.3 is 18.9 Å². The first kappa shape index (κ1) is 15.6. The van der Waals surface area contributed by atoms with E-state index in [0.717, 1.165) is 10.8 Å². The highest BCUT2D eigenvalue weighted by atomic mass is 16.5. The molecule has 8 aromatic carbocycles. The van der Waals surface area contributed by atoms with Gasteiger partial charge in [0.1, 0.15) is 46.0 Å². The van der Waals surface area contributed by atoms with Crippen molar-refractivity contribution in [2.75, 3.05) is 0 Å². The number of benzene rings is 8. The van der Waals surface area contributed by atoms with Crippen molar-refractivity contribution in [1.82, 2.24) is 0 Å². The maximum absolute atomic E-state index is 9.05. The lowest BCUT2D eigenvalue weighted by Gasteiger charge is -2.33. The van der Waals surface area contributed by atoms with Crippen LogP contribution in [-0.4, -0.2) is 13.4 Å². The zero-order valence-corrected chi connectivity index (χ0v) is 24.4. The summed E-state index contributed by atoms with van der Waals surface area (Å²) in [5, 5.41) is 4.17. The maximum atomic E-state index is 9.05. The minimum atomic E-state index is -0.990. The van der Waals surface area contributed by atoms with Crippen LogP contribution in [0.1, 0.15) is 19.2 Å². The van der Waals surface area contributed by atoms with Crippen LogP contribution in [0.25, 0.3) is 32.3 Å². The molecule has 0 bridgehead atoms. The third-order valence-electron chi connectivity index (χ3n) is 9.75. The van der Waals surface area contributed by atoms with E-state index in [2.05, 4.69) is 0 Å². The Balaban J connectivity index is 1.19. The van der Waals surface area contributed by atoms with Crippen molar-refractivity contribution in [2.24, 2.45) is 0 Å². The number of ether oxygens (including phenoxy) is 4. The van der Waals surface area contributed by atoms with E-state index in [9.17, 15) is 0 Å². The summed E-state index contributed by atoms with van der Waals surface area (Å²) < 4.78 is 147. The molecular weight excluding hydrogens is 590 g/mol. The van der Waals surface area contributed by atoms with Gasteiger partial charge in [-0.3, -0.25) is 0 Å². The SMILES string of the molecule is [2H]c1c([2H])c([2H])c2c(c1[2H])Oc1c([2H])c([2H])c([2H])c3c1B2c1cc2c4ccccc4c4cc5c(cc4c2cc1O3)Oc1c([2H])c([2H])c([2H])c2c1B5c1c([2H])c([2H])c([2H])c([2H])c1O2. The Kier molecular flexibility index (Phi) is 2.87. The van der Waals surface area contributed by atoms with E-state index in [4.69, 9.17) is 38.1 Å². The Labute approximate surface area is 295 Å². The fourth-order valence-electron chi connectivity index (χ4n) is 7.80. The van der Waals surface area contributed by atoms with E-state index in [0.29, 0.717) is 32.5 Å². The average Bonchev–Trinajstić information content (AvgIpc) is 3.28. The highest BCUT2D eigenvalue weighted by molar-refractivity contribution is 6.99. The number of para-hydroxylation sites is 2. The first-order chi connectivity index (χ1) is 29.6. The summed E-state index contributed by atoms with van der Waals surface area (Å²) in [7, 11) is 0. The zero-order valence-electron chi connectivity index (χ0n) is 38.4. The van der Waals surface area contributed by atoms with Crippen molar-refractivity contribution >= 4 is 78.5 Å². The van der Waals surface area contributed by atoms with Crippen molar-refractivity contribution in [3.8, 4) is 46.0 Å². The molecule has 4 nitrogen and oxygen atoms in total. The van der Waals surface area contributed by atoms with Gasteiger partial charge in [-0.1, -0.05) is 84.7 Å². The minimum absolute atomic E-state index is 0.0835. The van der Waals surface area contributed by atoms with Crippen molar-refractivity contribution in [1.29, 1.82) is 0 Å². The van der Waals surface area contributed by atoms with Crippen molar-refractivity contribution in [2.45, 2.75) is 0 Å². The van der Waals surface area contributed by atoms with Crippen LogP contribution in [0.5, 0.6) is 46.0 Å². The Hall–Kier alpha value is -6.13. The van der Waals surface area contributed by atoms with E-state index in [-0.39, 0.29) is 79.9 Å². The van der Waals surface area contributed by atoms with Gasteiger partial charge in [0.05, 0.1) is 19.2 Å². The highest BCUT2D eigenvalue weighted by Crippen LogP contribution is 2.42. The normalized spacial score (nSPS) is 18.1. The molecule has 0 fully saturated rings. The van der Waals surface area contributed by atoms with E-state index < -0.39 is 85.9 Å². The molecule has 0 saturated heterocycles. The molecule has 0 aromatic heterocycles. The number of hydrogen-bond donors (Lipinski definition) is 0. The first-order valence-electron chi connectivity index (χ1n) is 22.3. The van der Waals surface area contributed by atoms with Gasteiger partial charge in [0.2, 0.25) is 0 Å². The van der Waals surface area contributed by atoms with Gasteiger partial charge in [-0.15, -0.1) is 0 Å². The quantitative estimate of drug-likeness (QED) is 0.141. The second kappa shape index (κ2) is 8.81. The van der Waals surface area contributed by atoms with E-state index in [1.54, 1.807) is 12.1 Å². The summed E-state index contributed by atoms with van der Waals surface area (Å²) in [6, 6.07) is 8.53. The number of rotatable bonds is 0. The zero-order chi connectivity index (χ0) is 43.3. The van der Waals surface area contributed by atoms with Gasteiger partial charge in [0, 0.05) is 10.9 Å². The Morgan fingerprint density at radius 3 is 1.19 bits per heavy atom. The molecule has 0 atom stereocenters. The van der Waals surface area contributed by atoms with E-state index in [1.807, 2.05) is 36.4 Å². The summed E-state index contributed by atoms with van der Waals surface area (Å²) in [4.78, 5) is 0. The Morgan fingerprint density at radius 2 is 0.729 bits per heavy atom. The lowest BCUT2D eigenvalue weighted by molar-refractivity contribution is 0.464. The van der Waals surface area contributed by atoms with Gasteiger partial charge in [-0.25, -0.2) is 0 Å². The third-order valence-corrected chi connectivity index (χ3v) is 9.75. The van der Waals surface area contributed by atoms with Crippen LogP contribution in [0.15, 0.2) is 133 Å². The molecule has 4 heterocycles. The molecule has 220 valence electrons. The topological polar surface area (TPSA) is 36.9 Å². The molecule has 0 radical (unpaired) electrons. The maximum Gasteiger partial charge on any atom is 0.260 e. The molecule has 12 rings (SSSR count). The third kappa shape index (κ3) is 3.12. The van der Waals surface area contributed by atoms with Gasteiger partial charge >= 0.3 is 0 Å². The monoisotopic (exact) mass is 626 g/mol. The average molecular weight is 626 g/mol. The fraction of sp³-hybridized carbons (Fsp3) is 0. The summed E-state index contributed by atoms with van der Waals surface area (Å²) in [5.41, 5.74) is 1.55. The van der Waals surface area contributed by atoms with Crippen molar-refractivity contribution in [3.05, 3.63) is 133 Å². The van der Waals surface area contributed by atoms with E-state index >= 15 is 0 Å². The van der Waals surface area contributed by atoms with Crippen LogP contribution in [0.2, 0.25) is 0 Å². The van der Waals surface area contributed by atoms with E-state index in [1.165, 1.54) is 0 Å². The van der Waals surface area contributed by atoms with Crippen LogP contribution in [0.4, 0.5) is 0 Å². The summed E-state index contributed by atoms with van der Waals surface area (Å²) in [6.45, 7) is -1.98. The second-order valence-corrected chi connectivity index (χ2v) is 12.1. The molecule has 0 spiro atoms. The highest BCUT2D eigenvalue weighted by Gasteiger charge is 2.42. The number of hydrogen-bond acceptors (Lipinski definition) is 4. The number of fused-ring (bicyclic) bond motifs is 14. The molecule has 0 N–H and O–H groups in total. The smallest absolute Gasteiger partial charge is 0.260 e. The summed E-state index contributed by atoms with van der Waals surface area (Å²) in [6.07, 6.45) is 0. The molecule has 4 aliphatic heterocycles. The van der Waals surface area contributed by atoms with Crippen LogP contribution < -0.4 is 51.7 Å².